The van der Waals surface area contributed by atoms with Crippen LogP contribution in [-0.4, -0.2) is 82.9 Å². The minimum atomic E-state index is 0. The Bertz CT molecular complexity index is 229. The molecule has 79 valence electrons. The first-order valence-corrected chi connectivity index (χ1v) is 4.74. The van der Waals surface area contributed by atoms with Gasteiger partial charge in [0.05, 0.1) is 33.0 Å². The molecule has 1 rings (SSSR count). The van der Waals surface area contributed by atoms with E-state index in [2.05, 4.69) is 0 Å². The molecule has 3 nitrogen and oxygen atoms in total. The summed E-state index contributed by atoms with van der Waals surface area (Å²) >= 11 is 0. The molecule has 0 heterocycles. The van der Waals surface area contributed by atoms with Gasteiger partial charge in [-0.3, -0.25) is 0 Å². The van der Waals surface area contributed by atoms with E-state index in [0.717, 1.165) is 5.56 Å². The summed E-state index contributed by atoms with van der Waals surface area (Å²) in [6, 6.07) is 10.00. The summed E-state index contributed by atoms with van der Waals surface area (Å²) in [7, 11) is 0. The zero-order valence-electron chi connectivity index (χ0n) is 9.19. The van der Waals surface area contributed by atoms with Gasteiger partial charge in [-0.15, -0.1) is 0 Å². The van der Waals surface area contributed by atoms with E-state index in [9.17, 15) is 0 Å². The van der Waals surface area contributed by atoms with Gasteiger partial charge in [0.25, 0.3) is 0 Å². The number of aliphatic hydroxyl groups excluding tert-OH is 1. The minimum absolute atomic E-state index is 0. The van der Waals surface area contributed by atoms with Crippen molar-refractivity contribution in [2.75, 3.05) is 26.4 Å². The fourth-order valence-electron chi connectivity index (χ4n) is 1.05. The third-order valence-electron chi connectivity index (χ3n) is 1.72. The third-order valence-corrected chi connectivity index (χ3v) is 1.72. The Hall–Kier alpha value is 0.736. The second kappa shape index (κ2) is 11.2. The van der Waals surface area contributed by atoms with Gasteiger partial charge in [0, 0.05) is 51.4 Å². The molecular weight excluding hydrogens is 219 g/mol. The van der Waals surface area contributed by atoms with E-state index in [1.807, 2.05) is 30.3 Å². The Balaban J connectivity index is 0.00000196. The maximum Gasteiger partial charge on any atom is 0.0718 e. The zero-order chi connectivity index (χ0) is 10.1. The first kappa shape index (κ1) is 15.7. The van der Waals surface area contributed by atoms with E-state index >= 15 is 0 Å². The smallest absolute Gasteiger partial charge is 0.0718 e. The molecule has 0 atom stereocenters. The quantitative estimate of drug-likeness (QED) is 0.562. The largest absolute Gasteiger partial charge is 0.394 e. The zero-order valence-corrected chi connectivity index (χ0v) is 12.3. The first-order chi connectivity index (χ1) is 6.93. The minimum Gasteiger partial charge on any atom is -0.394 e. The molecule has 1 aromatic rings. The summed E-state index contributed by atoms with van der Waals surface area (Å²) in [5, 5.41) is 8.43. The fourth-order valence-corrected chi connectivity index (χ4v) is 1.05. The van der Waals surface area contributed by atoms with Crippen molar-refractivity contribution in [1.82, 2.24) is 0 Å². The Morgan fingerprint density at radius 3 is 2.27 bits per heavy atom. The van der Waals surface area contributed by atoms with E-state index in [0.29, 0.717) is 26.4 Å². The molecule has 4 heteroatoms. The van der Waals surface area contributed by atoms with Crippen LogP contribution in [0, 0.1) is 0 Å². The summed E-state index contributed by atoms with van der Waals surface area (Å²) in [4.78, 5) is 0. The molecule has 0 amide bonds. The van der Waals surface area contributed by atoms with Gasteiger partial charge in [0.15, 0.2) is 0 Å². The van der Waals surface area contributed by atoms with Crippen molar-refractivity contribution in [1.29, 1.82) is 0 Å². The standard InChI is InChI=1S/C11H16O3.K/c12-6-7-13-8-9-14-10-11-4-2-1-3-5-11;/h1-5,12H,6-10H2;. The number of hydrogen-bond acceptors (Lipinski definition) is 3. The van der Waals surface area contributed by atoms with Crippen molar-refractivity contribution >= 4 is 51.4 Å². The average molecular weight is 235 g/mol. The van der Waals surface area contributed by atoms with Crippen molar-refractivity contribution in [2.24, 2.45) is 0 Å². The van der Waals surface area contributed by atoms with Crippen LogP contribution in [0.25, 0.3) is 0 Å². The molecule has 0 fully saturated rings. The first-order valence-electron chi connectivity index (χ1n) is 4.74. The van der Waals surface area contributed by atoms with Crippen LogP contribution in [0.2, 0.25) is 0 Å². The summed E-state index contributed by atoms with van der Waals surface area (Å²) in [5.41, 5.74) is 1.16. The van der Waals surface area contributed by atoms with Crippen LogP contribution in [0.5, 0.6) is 0 Å². The van der Waals surface area contributed by atoms with Crippen molar-refractivity contribution < 1.29 is 14.6 Å². The molecule has 0 aromatic heterocycles. The van der Waals surface area contributed by atoms with E-state index in [-0.39, 0.29) is 58.0 Å². The third kappa shape index (κ3) is 8.53. The van der Waals surface area contributed by atoms with Crippen molar-refractivity contribution in [3.8, 4) is 0 Å². The predicted octanol–water partition coefficient (Wildman–Crippen LogP) is 0.831. The molecule has 1 radical (unpaired) electrons. The van der Waals surface area contributed by atoms with Crippen LogP contribution in [0.15, 0.2) is 30.3 Å². The van der Waals surface area contributed by atoms with Gasteiger partial charge in [0.1, 0.15) is 0 Å². The van der Waals surface area contributed by atoms with Crippen LogP contribution in [0.3, 0.4) is 0 Å². The summed E-state index contributed by atoms with van der Waals surface area (Å²) in [6.45, 7) is 2.17. The monoisotopic (exact) mass is 235 g/mol. The van der Waals surface area contributed by atoms with Crippen LogP contribution in [0.4, 0.5) is 0 Å². The fraction of sp³-hybridized carbons (Fsp3) is 0.455. The number of aliphatic hydroxyl groups is 1. The molecule has 0 spiro atoms. The molecule has 1 N–H and O–H groups in total. The second-order valence-electron chi connectivity index (χ2n) is 2.87. The number of benzene rings is 1. The van der Waals surface area contributed by atoms with Crippen LogP contribution in [-0.2, 0) is 16.1 Å². The molecule has 0 saturated heterocycles. The summed E-state index contributed by atoms with van der Waals surface area (Å²) in [5.74, 6) is 0. The molecule has 0 aliphatic rings. The Kier molecular flexibility index (Phi) is 11.8. The molecule has 0 saturated carbocycles. The normalized spacial score (nSPS) is 9.67. The van der Waals surface area contributed by atoms with Gasteiger partial charge >= 0.3 is 0 Å². The molecule has 0 bridgehead atoms. The molecule has 0 aliphatic carbocycles. The number of ether oxygens (including phenoxy) is 2. The number of rotatable bonds is 7. The maximum absolute atomic E-state index is 8.43. The topological polar surface area (TPSA) is 38.7 Å². The van der Waals surface area contributed by atoms with Gasteiger partial charge in [-0.2, -0.15) is 0 Å². The van der Waals surface area contributed by atoms with Gasteiger partial charge < -0.3 is 14.6 Å². The predicted molar refractivity (Wildman–Crippen MR) is 59.8 cm³/mol. The van der Waals surface area contributed by atoms with Gasteiger partial charge in [-0.05, 0) is 5.56 Å². The van der Waals surface area contributed by atoms with Crippen molar-refractivity contribution in [3.05, 3.63) is 35.9 Å². The van der Waals surface area contributed by atoms with Crippen LogP contribution < -0.4 is 0 Å². The summed E-state index contributed by atoms with van der Waals surface area (Å²) < 4.78 is 10.4. The molecule has 0 aliphatic heterocycles. The molecule has 15 heavy (non-hydrogen) atoms. The van der Waals surface area contributed by atoms with E-state index in [1.54, 1.807) is 0 Å². The SMILES string of the molecule is OCCOCCOCc1ccccc1.[K]. The Labute approximate surface area is 133 Å². The Morgan fingerprint density at radius 2 is 1.60 bits per heavy atom. The van der Waals surface area contributed by atoms with Gasteiger partial charge in [-0.1, -0.05) is 30.3 Å². The van der Waals surface area contributed by atoms with Crippen molar-refractivity contribution in [2.45, 2.75) is 6.61 Å². The number of hydrogen-bond donors (Lipinski definition) is 1. The molecular formula is C11H16KO3. The van der Waals surface area contributed by atoms with Crippen LogP contribution in [0.1, 0.15) is 5.56 Å². The van der Waals surface area contributed by atoms with Crippen LogP contribution >= 0.6 is 0 Å². The maximum atomic E-state index is 8.43. The van der Waals surface area contributed by atoms with Crippen molar-refractivity contribution in [3.63, 3.8) is 0 Å². The molecule has 0 unspecified atom stereocenters. The second-order valence-corrected chi connectivity index (χ2v) is 2.87. The van der Waals surface area contributed by atoms with Gasteiger partial charge in [-0.25, -0.2) is 0 Å². The van der Waals surface area contributed by atoms with E-state index in [4.69, 9.17) is 14.6 Å². The van der Waals surface area contributed by atoms with E-state index in [1.165, 1.54) is 0 Å². The summed E-state index contributed by atoms with van der Waals surface area (Å²) in [6.07, 6.45) is 0. The molecule has 1 aromatic carbocycles. The average Bonchev–Trinajstić information content (AvgIpc) is 2.25. The van der Waals surface area contributed by atoms with E-state index < -0.39 is 0 Å². The Morgan fingerprint density at radius 1 is 0.933 bits per heavy atom. The van der Waals surface area contributed by atoms with Gasteiger partial charge in [0.2, 0.25) is 0 Å².